The van der Waals surface area contributed by atoms with Crippen LogP contribution in [-0.2, 0) is 6.54 Å². The lowest BCUT2D eigenvalue weighted by Gasteiger charge is -2.18. The molecular weight excluding hydrogens is 369 g/mol. The molecule has 5 nitrogen and oxygen atoms in total. The third kappa shape index (κ3) is 5.19. The van der Waals surface area contributed by atoms with E-state index in [0.717, 1.165) is 11.3 Å². The van der Waals surface area contributed by atoms with Crippen LogP contribution in [0.5, 0.6) is 0 Å². The van der Waals surface area contributed by atoms with Crippen molar-refractivity contribution in [3.8, 4) is 0 Å². The lowest BCUT2D eigenvalue weighted by atomic mass is 10.1. The highest BCUT2D eigenvalue weighted by Crippen LogP contribution is 2.23. The Hall–Kier alpha value is -3.67. The molecule has 0 unspecified atom stereocenters. The number of anilines is 2. The molecule has 0 saturated carbocycles. The molecule has 0 aliphatic rings. The molecule has 2 amide bonds. The summed E-state index contributed by atoms with van der Waals surface area (Å²) in [6, 6.07) is 20.0. The van der Waals surface area contributed by atoms with Crippen LogP contribution in [0.2, 0.25) is 0 Å². The maximum Gasteiger partial charge on any atom is 0.255 e. The van der Waals surface area contributed by atoms with Gasteiger partial charge in [0.15, 0.2) is 0 Å². The fourth-order valence-electron chi connectivity index (χ4n) is 2.86. The smallest absolute Gasteiger partial charge is 0.255 e. The van der Waals surface area contributed by atoms with Gasteiger partial charge in [-0.05, 0) is 48.0 Å². The highest BCUT2D eigenvalue weighted by molar-refractivity contribution is 6.06. The minimum Gasteiger partial charge on any atom is -0.377 e. The van der Waals surface area contributed by atoms with E-state index >= 15 is 0 Å². The molecule has 3 aromatic carbocycles. The minimum atomic E-state index is -0.322. The number of halogens is 1. The number of amides is 2. The Bertz CT molecular complexity index is 1000. The predicted molar refractivity (Wildman–Crippen MR) is 113 cm³/mol. The van der Waals surface area contributed by atoms with Crippen LogP contribution in [0.15, 0.2) is 72.8 Å². The molecule has 2 N–H and O–H groups in total. The van der Waals surface area contributed by atoms with Gasteiger partial charge < -0.3 is 15.5 Å². The largest absolute Gasteiger partial charge is 0.377 e. The fourth-order valence-corrected chi connectivity index (χ4v) is 2.86. The molecule has 0 bridgehead atoms. The van der Waals surface area contributed by atoms with Gasteiger partial charge in [0, 0.05) is 37.6 Å². The van der Waals surface area contributed by atoms with Crippen LogP contribution in [0.25, 0.3) is 0 Å². The molecular formula is C23H22FN3O2. The van der Waals surface area contributed by atoms with Gasteiger partial charge in [0.25, 0.3) is 11.8 Å². The normalized spacial score (nSPS) is 10.3. The van der Waals surface area contributed by atoms with Crippen molar-refractivity contribution in [2.75, 3.05) is 24.3 Å². The first-order valence-electron chi connectivity index (χ1n) is 9.14. The van der Waals surface area contributed by atoms with Crippen LogP contribution >= 0.6 is 0 Å². The third-order valence-corrected chi connectivity index (χ3v) is 4.38. The van der Waals surface area contributed by atoms with Crippen molar-refractivity contribution >= 4 is 23.2 Å². The van der Waals surface area contributed by atoms with Gasteiger partial charge >= 0.3 is 0 Å². The number of nitrogens with one attached hydrogen (secondary N) is 2. The zero-order valence-corrected chi connectivity index (χ0v) is 16.3. The van der Waals surface area contributed by atoms with E-state index in [-0.39, 0.29) is 24.2 Å². The van der Waals surface area contributed by atoms with Crippen LogP contribution in [0, 0.1) is 5.82 Å². The summed E-state index contributed by atoms with van der Waals surface area (Å²) in [4.78, 5) is 27.0. The Balaban J connectivity index is 1.78. The van der Waals surface area contributed by atoms with Crippen molar-refractivity contribution in [2.45, 2.75) is 6.54 Å². The van der Waals surface area contributed by atoms with Crippen LogP contribution in [0.1, 0.15) is 26.3 Å². The second kappa shape index (κ2) is 9.01. The van der Waals surface area contributed by atoms with Gasteiger partial charge in [0.05, 0.1) is 5.56 Å². The maximum absolute atomic E-state index is 13.0. The number of hydrogen-bond donors (Lipinski definition) is 2. The number of rotatable bonds is 6. The molecule has 0 spiro atoms. The van der Waals surface area contributed by atoms with E-state index in [1.807, 2.05) is 25.1 Å². The molecule has 0 aliphatic heterocycles. The first-order chi connectivity index (χ1) is 13.9. The van der Waals surface area contributed by atoms with Crippen LogP contribution in [0.3, 0.4) is 0 Å². The molecule has 0 heterocycles. The van der Waals surface area contributed by atoms with Crippen molar-refractivity contribution in [1.29, 1.82) is 0 Å². The Kier molecular flexibility index (Phi) is 6.24. The van der Waals surface area contributed by atoms with E-state index in [2.05, 4.69) is 10.6 Å². The van der Waals surface area contributed by atoms with E-state index in [9.17, 15) is 14.0 Å². The number of carbonyl (C=O) groups is 2. The number of nitrogens with zero attached hydrogens (tertiary/aromatic N) is 1. The molecule has 0 aromatic heterocycles. The molecule has 0 fully saturated rings. The second-order valence-electron chi connectivity index (χ2n) is 6.76. The molecule has 0 atom stereocenters. The van der Waals surface area contributed by atoms with E-state index in [4.69, 9.17) is 0 Å². The van der Waals surface area contributed by atoms with E-state index in [1.54, 1.807) is 54.6 Å². The average Bonchev–Trinajstić information content (AvgIpc) is 2.73. The van der Waals surface area contributed by atoms with Crippen molar-refractivity contribution in [3.05, 3.63) is 95.3 Å². The van der Waals surface area contributed by atoms with E-state index in [0.29, 0.717) is 16.8 Å². The van der Waals surface area contributed by atoms with E-state index in [1.165, 1.54) is 12.1 Å². The van der Waals surface area contributed by atoms with Crippen LogP contribution in [-0.4, -0.2) is 25.9 Å². The Morgan fingerprint density at radius 1 is 0.897 bits per heavy atom. The van der Waals surface area contributed by atoms with Gasteiger partial charge in [-0.2, -0.15) is 0 Å². The van der Waals surface area contributed by atoms with Gasteiger partial charge in [-0.25, -0.2) is 4.39 Å². The third-order valence-electron chi connectivity index (χ3n) is 4.38. The molecule has 29 heavy (non-hydrogen) atoms. The zero-order valence-electron chi connectivity index (χ0n) is 16.3. The molecule has 3 aromatic rings. The van der Waals surface area contributed by atoms with Gasteiger partial charge in [0.1, 0.15) is 5.82 Å². The predicted octanol–water partition coefficient (Wildman–Crippen LogP) is 4.07. The Morgan fingerprint density at radius 3 is 2.24 bits per heavy atom. The monoisotopic (exact) mass is 391 g/mol. The molecule has 0 radical (unpaired) electrons. The summed E-state index contributed by atoms with van der Waals surface area (Å²) in [5, 5.41) is 5.66. The zero-order chi connectivity index (χ0) is 20.8. The van der Waals surface area contributed by atoms with Crippen LogP contribution < -0.4 is 15.5 Å². The van der Waals surface area contributed by atoms with Gasteiger partial charge in [-0.1, -0.05) is 30.3 Å². The molecule has 0 saturated heterocycles. The minimum absolute atomic E-state index is 0.249. The van der Waals surface area contributed by atoms with Gasteiger partial charge in [0.2, 0.25) is 0 Å². The van der Waals surface area contributed by atoms with Gasteiger partial charge in [-0.3, -0.25) is 9.59 Å². The highest BCUT2D eigenvalue weighted by atomic mass is 19.1. The van der Waals surface area contributed by atoms with Crippen molar-refractivity contribution in [1.82, 2.24) is 5.32 Å². The summed E-state index contributed by atoms with van der Waals surface area (Å²) in [6.07, 6.45) is 0. The first kappa shape index (κ1) is 20.1. The summed E-state index contributed by atoms with van der Waals surface area (Å²) < 4.78 is 13.0. The lowest BCUT2D eigenvalue weighted by Crippen LogP contribution is -2.25. The molecule has 148 valence electrons. The van der Waals surface area contributed by atoms with Crippen molar-refractivity contribution < 1.29 is 14.0 Å². The second-order valence-corrected chi connectivity index (χ2v) is 6.76. The summed E-state index contributed by atoms with van der Waals surface area (Å²) >= 11 is 0. The number of benzene rings is 3. The molecule has 6 heteroatoms. The fraction of sp³-hybridized carbons (Fsp3) is 0.130. The summed E-state index contributed by atoms with van der Waals surface area (Å²) in [7, 11) is 3.68. The summed E-state index contributed by atoms with van der Waals surface area (Å²) in [5.74, 6) is -0.855. The molecule has 0 aliphatic carbocycles. The van der Waals surface area contributed by atoms with Crippen molar-refractivity contribution in [3.63, 3.8) is 0 Å². The number of hydrogen-bond acceptors (Lipinski definition) is 3. The van der Waals surface area contributed by atoms with Crippen molar-refractivity contribution in [2.24, 2.45) is 0 Å². The van der Waals surface area contributed by atoms with Gasteiger partial charge in [-0.15, -0.1) is 0 Å². The number of carbonyl (C=O) groups excluding carboxylic acids is 2. The lowest BCUT2D eigenvalue weighted by molar-refractivity contribution is 0.0950. The molecule has 3 rings (SSSR count). The highest BCUT2D eigenvalue weighted by Gasteiger charge is 2.15. The maximum atomic E-state index is 13.0. The van der Waals surface area contributed by atoms with Crippen LogP contribution in [0.4, 0.5) is 15.8 Å². The standard InChI is InChI=1S/C23H22FN3O2/c1-27(2)21-13-12-19(26-22(28)17-6-4-3-5-7-17)14-20(21)23(29)25-15-16-8-10-18(24)11-9-16/h3-14H,15H2,1-2H3,(H,25,29)(H,26,28). The Morgan fingerprint density at radius 2 is 1.59 bits per heavy atom. The average molecular weight is 391 g/mol. The summed E-state index contributed by atoms with van der Waals surface area (Å²) in [6.45, 7) is 0.270. The Labute approximate surface area is 169 Å². The first-order valence-corrected chi connectivity index (χ1v) is 9.14. The summed E-state index contributed by atoms with van der Waals surface area (Å²) in [5.41, 5.74) is 3.00. The topological polar surface area (TPSA) is 61.4 Å². The quantitative estimate of drug-likeness (QED) is 0.666. The SMILES string of the molecule is CN(C)c1ccc(NC(=O)c2ccccc2)cc1C(=O)NCc1ccc(F)cc1. The van der Waals surface area contributed by atoms with E-state index < -0.39 is 0 Å².